The quantitative estimate of drug-likeness (QED) is 0.801. The van der Waals surface area contributed by atoms with Crippen LogP contribution in [0.1, 0.15) is 38.7 Å². The van der Waals surface area contributed by atoms with Crippen LogP contribution in [0, 0.1) is 12.8 Å². The van der Waals surface area contributed by atoms with Gasteiger partial charge >= 0.3 is 0 Å². The molecule has 1 N–H and O–H groups in total. The van der Waals surface area contributed by atoms with Gasteiger partial charge in [-0.15, -0.1) is 0 Å². The van der Waals surface area contributed by atoms with Gasteiger partial charge in [-0.1, -0.05) is 31.5 Å². The van der Waals surface area contributed by atoms with Gasteiger partial charge in [0.15, 0.2) is 6.61 Å². The topological polar surface area (TPSA) is 41.6 Å². The summed E-state index contributed by atoms with van der Waals surface area (Å²) >= 11 is 0. The number of carbonyl (C=O) groups excluding carboxylic acids is 1. The van der Waals surface area contributed by atoms with E-state index in [0.717, 1.165) is 25.3 Å². The lowest BCUT2D eigenvalue weighted by Gasteiger charge is -2.29. The van der Waals surface area contributed by atoms with Crippen LogP contribution in [-0.2, 0) is 4.79 Å². The molecule has 23 heavy (non-hydrogen) atoms. The van der Waals surface area contributed by atoms with E-state index in [1.807, 2.05) is 31.2 Å². The summed E-state index contributed by atoms with van der Waals surface area (Å²) in [6.07, 6.45) is 3.68. The Balaban J connectivity index is 1.75. The Bertz CT molecular complexity index is 479. The van der Waals surface area contributed by atoms with Crippen molar-refractivity contribution >= 4 is 5.91 Å². The van der Waals surface area contributed by atoms with Gasteiger partial charge in [-0.3, -0.25) is 9.69 Å². The molecule has 1 aromatic carbocycles. The molecule has 2 rings (SSSR count). The largest absolute Gasteiger partial charge is 0.484 e. The van der Waals surface area contributed by atoms with Gasteiger partial charge in [0.1, 0.15) is 5.75 Å². The normalized spacial score (nSPS) is 16.5. The molecule has 1 saturated heterocycles. The Morgan fingerprint density at radius 2 is 1.87 bits per heavy atom. The van der Waals surface area contributed by atoms with Gasteiger partial charge in [-0.25, -0.2) is 0 Å². The highest BCUT2D eigenvalue weighted by Gasteiger charge is 2.23. The van der Waals surface area contributed by atoms with E-state index >= 15 is 0 Å². The molecule has 0 saturated carbocycles. The number of nitrogens with zero attached hydrogens (tertiary/aromatic N) is 1. The second-order valence-electron chi connectivity index (χ2n) is 6.93. The van der Waals surface area contributed by atoms with E-state index in [4.69, 9.17) is 4.74 Å². The number of carbonyl (C=O) groups is 1. The molecule has 0 radical (unpaired) electrons. The minimum absolute atomic E-state index is 0.0430. The molecular weight excluding hydrogens is 288 g/mol. The molecule has 1 amide bonds. The number of hydrogen-bond donors (Lipinski definition) is 1. The van der Waals surface area contributed by atoms with E-state index < -0.39 is 0 Å². The minimum Gasteiger partial charge on any atom is -0.484 e. The van der Waals surface area contributed by atoms with Crippen LogP contribution in [0.5, 0.6) is 5.75 Å². The van der Waals surface area contributed by atoms with Crippen molar-refractivity contribution < 1.29 is 9.53 Å². The molecule has 1 unspecified atom stereocenters. The molecule has 1 fully saturated rings. The van der Waals surface area contributed by atoms with Crippen LogP contribution >= 0.6 is 0 Å². The maximum absolute atomic E-state index is 12.0. The van der Waals surface area contributed by atoms with Crippen LogP contribution < -0.4 is 10.1 Å². The SMILES string of the molecule is Cc1ccc(OCC(=O)NCC(CC(C)C)N2CCCC2)cc1. The molecule has 128 valence electrons. The highest BCUT2D eigenvalue weighted by Crippen LogP contribution is 2.17. The molecule has 1 atom stereocenters. The molecule has 0 bridgehead atoms. The first-order chi connectivity index (χ1) is 11.0. The van der Waals surface area contributed by atoms with E-state index in [9.17, 15) is 4.79 Å². The van der Waals surface area contributed by atoms with Crippen LogP contribution in [0.2, 0.25) is 0 Å². The number of rotatable bonds is 8. The summed E-state index contributed by atoms with van der Waals surface area (Å²) in [6, 6.07) is 8.21. The van der Waals surface area contributed by atoms with Gasteiger partial charge in [0.25, 0.3) is 5.91 Å². The second-order valence-corrected chi connectivity index (χ2v) is 6.93. The number of nitrogens with one attached hydrogen (secondary N) is 1. The third-order valence-corrected chi connectivity index (χ3v) is 4.33. The van der Waals surface area contributed by atoms with Gasteiger partial charge in [0.05, 0.1) is 0 Å². The molecule has 1 aliphatic heterocycles. The fraction of sp³-hybridized carbons (Fsp3) is 0.632. The molecule has 4 nitrogen and oxygen atoms in total. The predicted octanol–water partition coefficient (Wildman–Crippen LogP) is 3.00. The maximum atomic E-state index is 12.0. The molecule has 1 aromatic rings. The van der Waals surface area contributed by atoms with Crippen molar-refractivity contribution in [3.8, 4) is 5.75 Å². The van der Waals surface area contributed by atoms with Crippen molar-refractivity contribution in [3.63, 3.8) is 0 Å². The lowest BCUT2D eigenvalue weighted by atomic mass is 10.0. The van der Waals surface area contributed by atoms with Crippen molar-refractivity contribution in [3.05, 3.63) is 29.8 Å². The number of hydrogen-bond acceptors (Lipinski definition) is 3. The molecule has 0 spiro atoms. The first-order valence-electron chi connectivity index (χ1n) is 8.75. The number of likely N-dealkylation sites (tertiary alicyclic amines) is 1. The highest BCUT2D eigenvalue weighted by atomic mass is 16.5. The summed E-state index contributed by atoms with van der Waals surface area (Å²) in [6.45, 7) is 9.63. The Morgan fingerprint density at radius 1 is 1.22 bits per heavy atom. The van der Waals surface area contributed by atoms with Crippen LogP contribution in [0.4, 0.5) is 0 Å². The van der Waals surface area contributed by atoms with Gasteiger partial charge < -0.3 is 10.1 Å². The first kappa shape index (κ1) is 17.8. The fourth-order valence-electron chi connectivity index (χ4n) is 3.08. The van der Waals surface area contributed by atoms with Crippen molar-refractivity contribution in [2.75, 3.05) is 26.2 Å². The molecule has 0 aliphatic carbocycles. The lowest BCUT2D eigenvalue weighted by molar-refractivity contribution is -0.123. The van der Waals surface area contributed by atoms with Crippen molar-refractivity contribution in [2.24, 2.45) is 5.92 Å². The summed E-state index contributed by atoms with van der Waals surface area (Å²) < 4.78 is 5.54. The molecule has 4 heteroatoms. The summed E-state index contributed by atoms with van der Waals surface area (Å²) in [5.74, 6) is 1.34. The van der Waals surface area contributed by atoms with Gasteiger partial charge in [-0.05, 0) is 57.3 Å². The van der Waals surface area contributed by atoms with E-state index in [1.54, 1.807) is 0 Å². The maximum Gasteiger partial charge on any atom is 0.257 e. The fourth-order valence-corrected chi connectivity index (χ4v) is 3.08. The standard InChI is InChI=1S/C19H30N2O2/c1-15(2)12-17(21-10-4-5-11-21)13-20-19(22)14-23-18-8-6-16(3)7-9-18/h6-9,15,17H,4-5,10-14H2,1-3H3,(H,20,22). The molecule has 1 heterocycles. The third kappa shape index (κ3) is 6.22. The number of ether oxygens (including phenoxy) is 1. The lowest BCUT2D eigenvalue weighted by Crippen LogP contribution is -2.44. The van der Waals surface area contributed by atoms with Gasteiger partial charge in [-0.2, -0.15) is 0 Å². The first-order valence-corrected chi connectivity index (χ1v) is 8.75. The Kier molecular flexibility index (Phi) is 6.90. The molecule has 0 aromatic heterocycles. The van der Waals surface area contributed by atoms with Gasteiger partial charge in [0.2, 0.25) is 0 Å². The number of benzene rings is 1. The smallest absolute Gasteiger partial charge is 0.257 e. The van der Waals surface area contributed by atoms with E-state index in [1.165, 1.54) is 18.4 Å². The monoisotopic (exact) mass is 318 g/mol. The number of amides is 1. The summed E-state index contributed by atoms with van der Waals surface area (Å²) in [7, 11) is 0. The van der Waals surface area contributed by atoms with E-state index in [0.29, 0.717) is 18.5 Å². The Labute approximate surface area is 140 Å². The number of aryl methyl sites for hydroxylation is 1. The average molecular weight is 318 g/mol. The van der Waals surface area contributed by atoms with Crippen molar-refractivity contribution in [1.29, 1.82) is 0 Å². The summed E-state index contributed by atoms with van der Waals surface area (Å²) in [4.78, 5) is 14.5. The minimum atomic E-state index is -0.0430. The summed E-state index contributed by atoms with van der Waals surface area (Å²) in [5, 5.41) is 3.04. The zero-order chi connectivity index (χ0) is 16.7. The average Bonchev–Trinajstić information content (AvgIpc) is 3.05. The van der Waals surface area contributed by atoms with Crippen molar-refractivity contribution in [1.82, 2.24) is 10.2 Å². The molecule has 1 aliphatic rings. The third-order valence-electron chi connectivity index (χ3n) is 4.33. The zero-order valence-corrected chi connectivity index (χ0v) is 14.7. The van der Waals surface area contributed by atoms with Crippen LogP contribution in [0.25, 0.3) is 0 Å². The van der Waals surface area contributed by atoms with Crippen molar-refractivity contribution in [2.45, 2.75) is 46.1 Å². The van der Waals surface area contributed by atoms with Crippen LogP contribution in [-0.4, -0.2) is 43.1 Å². The zero-order valence-electron chi connectivity index (χ0n) is 14.7. The Hall–Kier alpha value is -1.55. The predicted molar refractivity (Wildman–Crippen MR) is 93.7 cm³/mol. The van der Waals surface area contributed by atoms with Gasteiger partial charge in [0, 0.05) is 12.6 Å². The Morgan fingerprint density at radius 3 is 2.48 bits per heavy atom. The molecular formula is C19H30N2O2. The highest BCUT2D eigenvalue weighted by molar-refractivity contribution is 5.77. The van der Waals surface area contributed by atoms with Crippen LogP contribution in [0.3, 0.4) is 0 Å². The summed E-state index contributed by atoms with van der Waals surface area (Å²) in [5.41, 5.74) is 1.18. The van der Waals surface area contributed by atoms with Crippen LogP contribution in [0.15, 0.2) is 24.3 Å². The second kappa shape index (κ2) is 8.92. The van der Waals surface area contributed by atoms with E-state index in [-0.39, 0.29) is 12.5 Å². The van der Waals surface area contributed by atoms with E-state index in [2.05, 4.69) is 24.1 Å².